The summed E-state index contributed by atoms with van der Waals surface area (Å²) in [5, 5.41) is 17.5. The molecule has 3 heterocycles. The van der Waals surface area contributed by atoms with Crippen molar-refractivity contribution >= 4 is 29.2 Å². The monoisotopic (exact) mass is 432 g/mol. The van der Waals surface area contributed by atoms with E-state index >= 15 is 0 Å². The molecule has 1 aromatic heterocycles. The van der Waals surface area contributed by atoms with Gasteiger partial charge in [0.1, 0.15) is 0 Å². The van der Waals surface area contributed by atoms with Crippen molar-refractivity contribution in [1.82, 2.24) is 25.7 Å². The van der Waals surface area contributed by atoms with E-state index in [2.05, 4.69) is 31.0 Å². The van der Waals surface area contributed by atoms with Crippen LogP contribution in [0.3, 0.4) is 0 Å². The van der Waals surface area contributed by atoms with Crippen LogP contribution >= 0.6 is 11.6 Å². The molecule has 2 saturated heterocycles. The fraction of sp³-hybridized carbons (Fsp3) is 0.500. The molecule has 3 N–H and O–H groups in total. The number of halogens is 1. The van der Waals surface area contributed by atoms with E-state index in [9.17, 15) is 9.59 Å². The molecule has 30 heavy (non-hydrogen) atoms. The zero-order chi connectivity index (χ0) is 21.3. The van der Waals surface area contributed by atoms with E-state index in [1.54, 1.807) is 24.3 Å². The molecule has 0 bridgehead atoms. The minimum Gasteiger partial charge on any atom is -0.425 e. The summed E-state index contributed by atoms with van der Waals surface area (Å²) in [6.07, 6.45) is 1.10. The topological polar surface area (TPSA) is 112 Å². The summed E-state index contributed by atoms with van der Waals surface area (Å²) in [5.41, 5.74) is 0.615. The Labute approximate surface area is 179 Å². The smallest absolute Gasteiger partial charge is 0.319 e. The van der Waals surface area contributed by atoms with Crippen LogP contribution in [-0.4, -0.2) is 58.3 Å². The number of benzene rings is 1. The lowest BCUT2D eigenvalue weighted by molar-refractivity contribution is -0.129. The number of hydrogen-bond acceptors (Lipinski definition) is 6. The zero-order valence-corrected chi connectivity index (χ0v) is 17.6. The Morgan fingerprint density at radius 1 is 1.40 bits per heavy atom. The molecule has 1 aromatic carbocycles. The molecular weight excluding hydrogens is 408 g/mol. The largest absolute Gasteiger partial charge is 0.425 e. The second-order valence-electron chi connectivity index (χ2n) is 8.05. The Morgan fingerprint density at radius 3 is 2.97 bits per heavy atom. The maximum Gasteiger partial charge on any atom is 0.319 e. The third-order valence-electron chi connectivity index (χ3n) is 5.43. The molecule has 10 heteroatoms. The standard InChI is InChI=1S/C20H25ClN6O3/c1-11(2)19-26-25-17(30-19)8-15-9-22-18(28)16-7-14(10-27(15)16)24-20(29)23-13-5-3-4-12(21)6-13/h3-6,11,14-16H,7-10H2,1-2H3,(H,22,28)(H2,23,24,29)/t14-,15+,16-/m0/s1. The van der Waals surface area contributed by atoms with Gasteiger partial charge in [0.2, 0.25) is 17.7 Å². The number of urea groups is 1. The van der Waals surface area contributed by atoms with Crippen molar-refractivity contribution in [3.05, 3.63) is 41.1 Å². The lowest BCUT2D eigenvalue weighted by atomic mass is 10.1. The Balaban J connectivity index is 1.38. The fourth-order valence-electron chi connectivity index (χ4n) is 3.97. The van der Waals surface area contributed by atoms with Crippen LogP contribution < -0.4 is 16.0 Å². The van der Waals surface area contributed by atoms with E-state index in [0.717, 1.165) is 0 Å². The molecule has 0 radical (unpaired) electrons. The van der Waals surface area contributed by atoms with Gasteiger partial charge in [-0.25, -0.2) is 4.79 Å². The van der Waals surface area contributed by atoms with E-state index in [1.165, 1.54) is 0 Å². The van der Waals surface area contributed by atoms with E-state index in [1.807, 2.05) is 13.8 Å². The number of carbonyl (C=O) groups excluding carboxylic acids is 2. The van der Waals surface area contributed by atoms with Crippen molar-refractivity contribution < 1.29 is 14.0 Å². The van der Waals surface area contributed by atoms with Crippen LogP contribution in [0.1, 0.15) is 38.0 Å². The predicted octanol–water partition coefficient (Wildman–Crippen LogP) is 2.15. The van der Waals surface area contributed by atoms with Crippen LogP contribution in [0.4, 0.5) is 10.5 Å². The number of carbonyl (C=O) groups is 2. The second-order valence-corrected chi connectivity index (χ2v) is 8.48. The molecule has 0 spiro atoms. The van der Waals surface area contributed by atoms with Gasteiger partial charge in [0.25, 0.3) is 0 Å². The number of fused-ring (bicyclic) bond motifs is 1. The summed E-state index contributed by atoms with van der Waals surface area (Å²) in [4.78, 5) is 26.9. The van der Waals surface area contributed by atoms with E-state index in [4.69, 9.17) is 16.0 Å². The van der Waals surface area contributed by atoms with Crippen LogP contribution in [0.15, 0.2) is 28.7 Å². The number of amides is 3. The number of aromatic nitrogens is 2. The maximum atomic E-state index is 12.4. The number of piperazine rings is 1. The predicted molar refractivity (Wildman–Crippen MR) is 111 cm³/mol. The van der Waals surface area contributed by atoms with Crippen LogP contribution in [-0.2, 0) is 11.2 Å². The van der Waals surface area contributed by atoms with Gasteiger partial charge in [0, 0.05) is 48.2 Å². The third kappa shape index (κ3) is 4.57. The van der Waals surface area contributed by atoms with Crippen LogP contribution in [0, 0.1) is 0 Å². The summed E-state index contributed by atoms with van der Waals surface area (Å²) < 4.78 is 5.74. The third-order valence-corrected chi connectivity index (χ3v) is 5.66. The Morgan fingerprint density at radius 2 is 2.23 bits per heavy atom. The van der Waals surface area contributed by atoms with Crippen molar-refractivity contribution in [3.63, 3.8) is 0 Å². The van der Waals surface area contributed by atoms with Crippen molar-refractivity contribution in [2.75, 3.05) is 18.4 Å². The van der Waals surface area contributed by atoms with Crippen LogP contribution in [0.5, 0.6) is 0 Å². The molecule has 2 aliphatic heterocycles. The van der Waals surface area contributed by atoms with Gasteiger partial charge in [-0.1, -0.05) is 31.5 Å². The highest BCUT2D eigenvalue weighted by molar-refractivity contribution is 6.30. The lowest BCUT2D eigenvalue weighted by Crippen LogP contribution is -2.58. The summed E-state index contributed by atoms with van der Waals surface area (Å²) in [6, 6.07) is 6.24. The first-order valence-corrected chi connectivity index (χ1v) is 10.5. The van der Waals surface area contributed by atoms with Gasteiger partial charge in [-0.2, -0.15) is 0 Å². The molecule has 2 fully saturated rings. The first-order valence-electron chi connectivity index (χ1n) is 10.1. The average molecular weight is 433 g/mol. The molecule has 3 atom stereocenters. The fourth-order valence-corrected chi connectivity index (χ4v) is 4.16. The highest BCUT2D eigenvalue weighted by Crippen LogP contribution is 2.26. The first kappa shape index (κ1) is 20.6. The SMILES string of the molecule is CC(C)c1nnc(C[C@@H]2CNC(=O)[C@@H]3C[C@H](NC(=O)Nc4cccc(Cl)c4)CN23)o1. The highest BCUT2D eigenvalue weighted by atomic mass is 35.5. The zero-order valence-electron chi connectivity index (χ0n) is 16.9. The maximum absolute atomic E-state index is 12.4. The molecule has 4 rings (SSSR count). The number of anilines is 1. The summed E-state index contributed by atoms with van der Waals surface area (Å²) in [6.45, 7) is 5.09. The molecule has 2 aromatic rings. The van der Waals surface area contributed by atoms with Crippen molar-refractivity contribution in [2.24, 2.45) is 0 Å². The van der Waals surface area contributed by atoms with Gasteiger partial charge in [0.05, 0.1) is 6.04 Å². The van der Waals surface area contributed by atoms with Gasteiger partial charge in [-0.05, 0) is 24.6 Å². The normalized spacial score (nSPS) is 23.9. The molecule has 0 saturated carbocycles. The van der Waals surface area contributed by atoms with Crippen LogP contribution in [0.25, 0.3) is 0 Å². The highest BCUT2D eigenvalue weighted by Gasteiger charge is 2.44. The quantitative estimate of drug-likeness (QED) is 0.667. The minimum atomic E-state index is -0.322. The number of rotatable bonds is 5. The molecule has 9 nitrogen and oxygen atoms in total. The van der Waals surface area contributed by atoms with Gasteiger partial charge in [-0.15, -0.1) is 10.2 Å². The summed E-state index contributed by atoms with van der Waals surface area (Å²) in [7, 11) is 0. The van der Waals surface area contributed by atoms with Gasteiger partial charge >= 0.3 is 6.03 Å². The van der Waals surface area contributed by atoms with Gasteiger partial charge in [-0.3, -0.25) is 9.69 Å². The van der Waals surface area contributed by atoms with Crippen LogP contribution in [0.2, 0.25) is 5.02 Å². The summed E-state index contributed by atoms with van der Waals surface area (Å²) in [5.74, 6) is 1.33. The molecule has 0 unspecified atom stereocenters. The van der Waals surface area contributed by atoms with E-state index in [0.29, 0.717) is 48.4 Å². The van der Waals surface area contributed by atoms with Gasteiger partial charge in [0.15, 0.2) is 0 Å². The second kappa shape index (κ2) is 8.61. The molecule has 160 valence electrons. The molecule has 3 amide bonds. The number of hydrogen-bond donors (Lipinski definition) is 3. The van der Waals surface area contributed by atoms with Crippen molar-refractivity contribution in [2.45, 2.75) is 50.7 Å². The summed E-state index contributed by atoms with van der Waals surface area (Å²) >= 11 is 5.96. The average Bonchev–Trinajstić information content (AvgIpc) is 3.32. The minimum absolute atomic E-state index is 0.0146. The van der Waals surface area contributed by atoms with E-state index in [-0.39, 0.29) is 36.0 Å². The van der Waals surface area contributed by atoms with E-state index < -0.39 is 0 Å². The van der Waals surface area contributed by atoms with Crippen molar-refractivity contribution in [3.8, 4) is 0 Å². The Bertz CT molecular complexity index is 933. The molecular formula is C20H25ClN6O3. The number of nitrogens with one attached hydrogen (secondary N) is 3. The van der Waals surface area contributed by atoms with Crippen molar-refractivity contribution in [1.29, 1.82) is 0 Å². The number of nitrogens with zero attached hydrogens (tertiary/aromatic N) is 3. The Kier molecular flexibility index (Phi) is 5.92. The molecule has 2 aliphatic rings. The Hall–Kier alpha value is -2.65. The van der Waals surface area contributed by atoms with Gasteiger partial charge < -0.3 is 20.4 Å². The molecule has 0 aliphatic carbocycles. The first-order chi connectivity index (χ1) is 14.4. The lowest BCUT2D eigenvalue weighted by Gasteiger charge is -2.36.